The number of hydrogen-bond acceptors (Lipinski definition) is 10. The Hall–Kier alpha value is -2.75. The largest absolute Gasteiger partial charge is 0.436 e. The number of oxazole rings is 1. The van der Waals surface area contributed by atoms with Crippen molar-refractivity contribution in [2.45, 2.75) is 55.2 Å². The molecule has 12 nitrogen and oxygen atoms in total. The number of carbonyl (C=O) groups excluding carboxylic acids is 2. The van der Waals surface area contributed by atoms with E-state index >= 15 is 0 Å². The minimum atomic E-state index is -3.82. The van der Waals surface area contributed by atoms with E-state index in [4.69, 9.17) is 20.9 Å². The van der Waals surface area contributed by atoms with Crippen LogP contribution in [0.15, 0.2) is 32.9 Å². The molecule has 0 saturated carbocycles. The van der Waals surface area contributed by atoms with Gasteiger partial charge in [0.1, 0.15) is 16.1 Å². The van der Waals surface area contributed by atoms with Crippen molar-refractivity contribution in [2.24, 2.45) is 0 Å². The molecule has 208 valence electrons. The molecule has 5 heterocycles. The molecule has 3 unspecified atom stereocenters. The van der Waals surface area contributed by atoms with E-state index in [9.17, 15) is 18.0 Å². The quantitative estimate of drug-likeness (QED) is 0.391. The molecule has 6 rings (SSSR count). The molecule has 2 fully saturated rings. The number of rotatable bonds is 6. The summed E-state index contributed by atoms with van der Waals surface area (Å²) in [6.07, 6.45) is 0.447. The highest BCUT2D eigenvalue weighted by atomic mass is 35.5. The van der Waals surface area contributed by atoms with Crippen LogP contribution in [0.3, 0.4) is 0 Å². The molecule has 0 radical (unpaired) electrons. The highest BCUT2D eigenvalue weighted by Gasteiger charge is 2.39. The van der Waals surface area contributed by atoms with E-state index in [1.807, 2.05) is 6.92 Å². The lowest BCUT2D eigenvalue weighted by Crippen LogP contribution is -2.56. The van der Waals surface area contributed by atoms with Gasteiger partial charge in [0.15, 0.2) is 0 Å². The molecule has 0 spiro atoms. The average Bonchev–Trinajstić information content (AvgIpc) is 3.64. The van der Waals surface area contributed by atoms with Crippen LogP contribution in [0.2, 0.25) is 5.02 Å². The summed E-state index contributed by atoms with van der Waals surface area (Å²) in [4.78, 5) is 35.9. The summed E-state index contributed by atoms with van der Waals surface area (Å²) in [5.41, 5.74) is 3.37. The summed E-state index contributed by atoms with van der Waals surface area (Å²) in [7, 11) is -3.82. The molecular weight excluding hydrogens is 568 g/mol. The third-order valence-corrected chi connectivity index (χ3v) is 10.9. The number of aromatic nitrogens is 1. The van der Waals surface area contributed by atoms with Gasteiger partial charge in [-0.1, -0.05) is 17.7 Å². The van der Waals surface area contributed by atoms with Crippen LogP contribution in [-0.2, 0) is 27.8 Å². The SMILES string of the molecule is CC1Cc2nc(C(=O)N3CCN(S(=O)(=O)c4cc5ccc(Cl)cc5s4)CC3CCC3NOC(=O)N3)oc2CN1. The number of carbonyl (C=O) groups is 2. The first-order chi connectivity index (χ1) is 18.7. The Morgan fingerprint density at radius 1 is 1.26 bits per heavy atom. The van der Waals surface area contributed by atoms with Crippen molar-refractivity contribution in [2.75, 3.05) is 19.6 Å². The zero-order chi connectivity index (χ0) is 27.3. The van der Waals surface area contributed by atoms with Crippen molar-refractivity contribution in [3.8, 4) is 0 Å². The summed E-state index contributed by atoms with van der Waals surface area (Å²) >= 11 is 7.26. The predicted molar refractivity (Wildman–Crippen MR) is 143 cm³/mol. The van der Waals surface area contributed by atoms with Crippen molar-refractivity contribution >= 4 is 55.0 Å². The maximum absolute atomic E-state index is 13.7. The normalized spacial score (nSPS) is 24.0. The van der Waals surface area contributed by atoms with Crippen LogP contribution in [0.5, 0.6) is 0 Å². The number of nitrogens with zero attached hydrogens (tertiary/aromatic N) is 3. The molecule has 2 aromatic heterocycles. The molecule has 3 N–H and O–H groups in total. The van der Waals surface area contributed by atoms with Gasteiger partial charge in [0.2, 0.25) is 0 Å². The standard InChI is InChI=1S/C24H27ClN6O6S2/c1-13-8-17-18(11-26-13)36-22(27-17)23(32)31-7-6-30(12-16(31)4-5-20-28-24(33)37-29-20)39(34,35)21-9-14-2-3-15(25)10-19(14)38-21/h2-3,9-10,13,16,20,26,29H,4-8,11-12H2,1H3,(H,28,33). The maximum Gasteiger partial charge on any atom is 0.427 e. The molecule has 2 amide bonds. The van der Waals surface area contributed by atoms with Crippen molar-refractivity contribution in [1.82, 2.24) is 30.3 Å². The number of fused-ring (bicyclic) bond motifs is 2. The van der Waals surface area contributed by atoms with Gasteiger partial charge < -0.3 is 24.8 Å². The Morgan fingerprint density at radius 2 is 2.10 bits per heavy atom. The molecule has 15 heteroatoms. The van der Waals surface area contributed by atoms with E-state index in [1.165, 1.54) is 15.6 Å². The monoisotopic (exact) mass is 594 g/mol. The number of thiophene rings is 1. The van der Waals surface area contributed by atoms with E-state index in [0.29, 0.717) is 36.6 Å². The first-order valence-electron chi connectivity index (χ1n) is 12.6. The molecule has 1 aromatic carbocycles. The van der Waals surface area contributed by atoms with Gasteiger partial charge in [-0.05, 0) is 43.4 Å². The lowest BCUT2D eigenvalue weighted by atomic mass is 10.1. The Morgan fingerprint density at radius 3 is 2.90 bits per heavy atom. The van der Waals surface area contributed by atoms with Crippen LogP contribution < -0.4 is 16.1 Å². The van der Waals surface area contributed by atoms with Gasteiger partial charge in [0.25, 0.3) is 15.9 Å². The maximum atomic E-state index is 13.7. The summed E-state index contributed by atoms with van der Waals surface area (Å²) in [5, 5.41) is 7.27. The minimum Gasteiger partial charge on any atom is -0.436 e. The first-order valence-corrected chi connectivity index (χ1v) is 15.3. The summed E-state index contributed by atoms with van der Waals surface area (Å²) in [6.45, 7) is 2.92. The lowest BCUT2D eigenvalue weighted by molar-refractivity contribution is 0.0494. The predicted octanol–water partition coefficient (Wildman–Crippen LogP) is 2.44. The summed E-state index contributed by atoms with van der Waals surface area (Å²) in [6, 6.07) is 6.67. The number of sulfonamides is 1. The van der Waals surface area contributed by atoms with Crippen LogP contribution in [0.1, 0.15) is 41.9 Å². The summed E-state index contributed by atoms with van der Waals surface area (Å²) in [5.74, 6) is 0.276. The van der Waals surface area contributed by atoms with E-state index in [0.717, 1.165) is 15.8 Å². The second kappa shape index (κ2) is 10.3. The van der Waals surface area contributed by atoms with Crippen molar-refractivity contribution in [3.05, 3.63) is 46.6 Å². The van der Waals surface area contributed by atoms with E-state index < -0.39 is 28.3 Å². The molecular formula is C24H27ClN6O6S2. The molecule has 0 bridgehead atoms. The van der Waals surface area contributed by atoms with Crippen LogP contribution in [0.4, 0.5) is 4.79 Å². The van der Waals surface area contributed by atoms with Crippen molar-refractivity contribution < 1.29 is 27.3 Å². The highest BCUT2D eigenvalue weighted by Crippen LogP contribution is 2.34. The van der Waals surface area contributed by atoms with Crippen LogP contribution in [0, 0.1) is 0 Å². The van der Waals surface area contributed by atoms with Crippen LogP contribution in [0.25, 0.3) is 10.1 Å². The van der Waals surface area contributed by atoms with Gasteiger partial charge in [0.05, 0.1) is 12.2 Å². The number of halogens is 1. The molecule has 3 aromatic rings. The molecule has 2 saturated heterocycles. The van der Waals surface area contributed by atoms with E-state index in [1.54, 1.807) is 29.2 Å². The molecule has 39 heavy (non-hydrogen) atoms. The Kier molecular flexibility index (Phi) is 7.02. The van der Waals surface area contributed by atoms with Gasteiger partial charge in [0, 0.05) is 47.9 Å². The molecule has 3 atom stereocenters. The zero-order valence-electron chi connectivity index (χ0n) is 21.0. The fourth-order valence-corrected chi connectivity index (χ4v) is 8.43. The number of hydroxylamine groups is 1. The molecule has 3 aliphatic rings. The second-order valence-corrected chi connectivity index (χ2v) is 13.6. The zero-order valence-corrected chi connectivity index (χ0v) is 23.4. The topological polar surface area (TPSA) is 146 Å². The minimum absolute atomic E-state index is 0.00854. The van der Waals surface area contributed by atoms with E-state index in [-0.39, 0.29) is 41.7 Å². The van der Waals surface area contributed by atoms with Crippen LogP contribution >= 0.6 is 22.9 Å². The molecule has 3 aliphatic heterocycles. The van der Waals surface area contributed by atoms with Gasteiger partial charge in [-0.3, -0.25) is 4.79 Å². The Bertz CT molecular complexity index is 1540. The van der Waals surface area contributed by atoms with Gasteiger partial charge in [-0.25, -0.2) is 18.2 Å². The van der Waals surface area contributed by atoms with Crippen LogP contribution in [-0.4, -0.2) is 72.5 Å². The Balaban J connectivity index is 1.24. The fourth-order valence-electron chi connectivity index (χ4n) is 5.13. The number of hydrogen-bond donors (Lipinski definition) is 3. The van der Waals surface area contributed by atoms with Crippen molar-refractivity contribution in [3.63, 3.8) is 0 Å². The average molecular weight is 595 g/mol. The smallest absolute Gasteiger partial charge is 0.427 e. The number of benzene rings is 1. The van der Waals surface area contributed by atoms with Gasteiger partial charge in [-0.15, -0.1) is 16.8 Å². The second-order valence-electron chi connectivity index (χ2n) is 9.92. The number of nitrogens with one attached hydrogen (secondary N) is 3. The third kappa shape index (κ3) is 5.24. The molecule has 0 aliphatic carbocycles. The van der Waals surface area contributed by atoms with Crippen molar-refractivity contribution in [1.29, 1.82) is 0 Å². The van der Waals surface area contributed by atoms with E-state index in [2.05, 4.69) is 21.1 Å². The van der Waals surface area contributed by atoms with Gasteiger partial charge >= 0.3 is 12.0 Å². The van der Waals surface area contributed by atoms with Gasteiger partial charge in [-0.2, -0.15) is 4.31 Å². The summed E-state index contributed by atoms with van der Waals surface area (Å²) < 4.78 is 35.6. The fraction of sp³-hybridized carbons (Fsp3) is 0.458. The highest BCUT2D eigenvalue weighted by molar-refractivity contribution is 7.91. The third-order valence-electron chi connectivity index (χ3n) is 7.21. The number of amides is 2. The first kappa shape index (κ1) is 26.5. The number of piperazine rings is 1. The lowest BCUT2D eigenvalue weighted by Gasteiger charge is -2.40. The Labute approximate surface area is 233 Å².